The van der Waals surface area contributed by atoms with Gasteiger partial charge in [-0.15, -0.1) is 11.3 Å². The summed E-state index contributed by atoms with van der Waals surface area (Å²) < 4.78 is 1.21. The maximum absolute atomic E-state index is 10.8. The molecule has 0 saturated heterocycles. The number of fused-ring (bicyclic) bond motifs is 1. The highest BCUT2D eigenvalue weighted by atomic mass is 32.1. The lowest BCUT2D eigenvalue weighted by Gasteiger charge is -1.98. The third-order valence-corrected chi connectivity index (χ3v) is 2.97. The molecule has 1 aromatic carbocycles. The maximum Gasteiger partial charge on any atom is 0.130 e. The van der Waals surface area contributed by atoms with Gasteiger partial charge in [0.2, 0.25) is 0 Å². The predicted octanol–water partition coefficient (Wildman–Crippen LogP) is 2.82. The molecule has 0 N–H and O–H groups in total. The Bertz CT molecular complexity index is 461. The Morgan fingerprint density at radius 2 is 2.36 bits per heavy atom. The van der Waals surface area contributed by atoms with Crippen LogP contribution in [-0.2, 0) is 11.2 Å². The van der Waals surface area contributed by atoms with Gasteiger partial charge in [0, 0.05) is 6.42 Å². The van der Waals surface area contributed by atoms with Crippen molar-refractivity contribution in [2.75, 3.05) is 0 Å². The van der Waals surface area contributed by atoms with Crippen molar-refractivity contribution in [1.29, 1.82) is 0 Å². The maximum atomic E-state index is 10.8. The highest BCUT2D eigenvalue weighted by molar-refractivity contribution is 7.16. The molecule has 3 heteroatoms. The first-order valence-electron chi connectivity index (χ1n) is 4.57. The molecule has 0 fully saturated rings. The number of Topliss-reactive ketones (excluding diaryl/α,β-unsaturated/α-hetero) is 1. The zero-order valence-electron chi connectivity index (χ0n) is 7.99. The minimum atomic E-state index is 0.239. The van der Waals surface area contributed by atoms with Gasteiger partial charge in [-0.1, -0.05) is 6.07 Å². The van der Waals surface area contributed by atoms with Crippen molar-refractivity contribution in [3.05, 3.63) is 29.3 Å². The van der Waals surface area contributed by atoms with E-state index in [-0.39, 0.29) is 5.78 Å². The van der Waals surface area contributed by atoms with Crippen LogP contribution in [0.3, 0.4) is 0 Å². The minimum absolute atomic E-state index is 0.239. The highest BCUT2D eigenvalue weighted by Crippen LogP contribution is 2.19. The molecule has 0 spiro atoms. The van der Waals surface area contributed by atoms with E-state index in [1.54, 1.807) is 18.3 Å². The van der Waals surface area contributed by atoms with Gasteiger partial charge in [-0.05, 0) is 31.0 Å². The van der Waals surface area contributed by atoms with Crippen LogP contribution in [0.25, 0.3) is 10.2 Å². The van der Waals surface area contributed by atoms with Crippen LogP contribution in [-0.4, -0.2) is 10.8 Å². The van der Waals surface area contributed by atoms with Crippen molar-refractivity contribution < 1.29 is 4.79 Å². The van der Waals surface area contributed by atoms with E-state index in [2.05, 4.69) is 23.2 Å². The van der Waals surface area contributed by atoms with Crippen LogP contribution in [0.1, 0.15) is 18.9 Å². The van der Waals surface area contributed by atoms with E-state index < -0.39 is 0 Å². The molecular formula is C11H11NOS. The summed E-state index contributed by atoms with van der Waals surface area (Å²) in [6, 6.07) is 6.21. The third kappa shape index (κ3) is 1.99. The largest absolute Gasteiger partial charge is 0.300 e. The molecule has 1 aromatic heterocycles. The zero-order valence-corrected chi connectivity index (χ0v) is 8.80. The summed E-state index contributed by atoms with van der Waals surface area (Å²) in [7, 11) is 0. The van der Waals surface area contributed by atoms with Gasteiger partial charge in [-0.2, -0.15) is 0 Å². The molecule has 0 aliphatic carbocycles. The van der Waals surface area contributed by atoms with Gasteiger partial charge in [0.15, 0.2) is 0 Å². The topological polar surface area (TPSA) is 30.0 Å². The normalized spacial score (nSPS) is 10.6. The standard InChI is InChI=1S/C11H11NOS/c1-8(13)2-3-9-4-5-11-10(6-9)12-7-14-11/h4-7H,2-3H2,1H3. The number of aryl methyl sites for hydroxylation is 1. The Morgan fingerprint density at radius 1 is 1.50 bits per heavy atom. The lowest BCUT2D eigenvalue weighted by atomic mass is 10.1. The van der Waals surface area contributed by atoms with E-state index >= 15 is 0 Å². The van der Waals surface area contributed by atoms with Crippen LogP contribution in [0.15, 0.2) is 23.7 Å². The number of aromatic nitrogens is 1. The van der Waals surface area contributed by atoms with E-state index in [4.69, 9.17) is 0 Å². The number of benzene rings is 1. The summed E-state index contributed by atoms with van der Waals surface area (Å²) in [5.74, 6) is 0.239. The molecule has 0 atom stereocenters. The van der Waals surface area contributed by atoms with Crippen LogP contribution in [0.2, 0.25) is 0 Å². The number of rotatable bonds is 3. The summed E-state index contributed by atoms with van der Waals surface area (Å²) in [5.41, 5.74) is 4.08. The zero-order chi connectivity index (χ0) is 9.97. The van der Waals surface area contributed by atoms with Gasteiger partial charge < -0.3 is 4.79 Å². The van der Waals surface area contributed by atoms with Crippen LogP contribution >= 0.6 is 11.3 Å². The summed E-state index contributed by atoms with van der Waals surface area (Å²) >= 11 is 1.64. The number of hydrogen-bond donors (Lipinski definition) is 0. The van der Waals surface area contributed by atoms with Crippen molar-refractivity contribution in [2.24, 2.45) is 0 Å². The summed E-state index contributed by atoms with van der Waals surface area (Å²) in [4.78, 5) is 15.1. The quantitative estimate of drug-likeness (QED) is 0.771. The van der Waals surface area contributed by atoms with E-state index in [9.17, 15) is 4.79 Å². The Morgan fingerprint density at radius 3 is 3.14 bits per heavy atom. The minimum Gasteiger partial charge on any atom is -0.300 e. The van der Waals surface area contributed by atoms with E-state index in [1.165, 1.54) is 10.3 Å². The van der Waals surface area contributed by atoms with Gasteiger partial charge in [0.05, 0.1) is 15.7 Å². The molecule has 14 heavy (non-hydrogen) atoms. The number of thiazole rings is 1. The Kier molecular flexibility index (Phi) is 2.59. The summed E-state index contributed by atoms with van der Waals surface area (Å²) in [6.45, 7) is 1.63. The van der Waals surface area contributed by atoms with Crippen molar-refractivity contribution in [3.8, 4) is 0 Å². The Labute approximate surface area is 86.6 Å². The van der Waals surface area contributed by atoms with E-state index in [0.717, 1.165) is 11.9 Å². The Balaban J connectivity index is 2.21. The molecule has 72 valence electrons. The second-order valence-corrected chi connectivity index (χ2v) is 4.24. The predicted molar refractivity (Wildman–Crippen MR) is 58.6 cm³/mol. The first-order valence-corrected chi connectivity index (χ1v) is 5.45. The molecule has 0 unspecified atom stereocenters. The van der Waals surface area contributed by atoms with Crippen LogP contribution < -0.4 is 0 Å². The van der Waals surface area contributed by atoms with Crippen molar-refractivity contribution in [1.82, 2.24) is 4.98 Å². The fourth-order valence-corrected chi connectivity index (χ4v) is 2.04. The number of ketones is 1. The molecular weight excluding hydrogens is 194 g/mol. The molecule has 2 nitrogen and oxygen atoms in total. The highest BCUT2D eigenvalue weighted by Gasteiger charge is 2.00. The molecule has 0 saturated carbocycles. The Hall–Kier alpha value is -1.22. The van der Waals surface area contributed by atoms with Crippen molar-refractivity contribution >= 4 is 27.3 Å². The lowest BCUT2D eigenvalue weighted by Crippen LogP contribution is -1.93. The first kappa shape index (κ1) is 9.34. The van der Waals surface area contributed by atoms with E-state index in [0.29, 0.717) is 6.42 Å². The molecule has 0 bridgehead atoms. The van der Waals surface area contributed by atoms with Crippen LogP contribution in [0, 0.1) is 0 Å². The van der Waals surface area contributed by atoms with Crippen LogP contribution in [0.4, 0.5) is 0 Å². The van der Waals surface area contributed by atoms with Gasteiger partial charge >= 0.3 is 0 Å². The molecule has 2 aromatic rings. The summed E-state index contributed by atoms with van der Waals surface area (Å²) in [6.07, 6.45) is 1.44. The number of nitrogens with zero attached hydrogens (tertiary/aromatic N) is 1. The second-order valence-electron chi connectivity index (χ2n) is 3.36. The monoisotopic (exact) mass is 205 g/mol. The fraction of sp³-hybridized carbons (Fsp3) is 0.273. The fourth-order valence-electron chi connectivity index (χ4n) is 1.38. The van der Waals surface area contributed by atoms with Gasteiger partial charge in [-0.3, -0.25) is 0 Å². The molecule has 0 amide bonds. The SMILES string of the molecule is CC(=O)CCc1ccc2scnc2c1. The molecule has 0 aliphatic rings. The smallest absolute Gasteiger partial charge is 0.130 e. The van der Waals surface area contributed by atoms with Gasteiger partial charge in [-0.25, -0.2) is 4.98 Å². The number of hydrogen-bond acceptors (Lipinski definition) is 3. The van der Waals surface area contributed by atoms with Crippen molar-refractivity contribution in [3.63, 3.8) is 0 Å². The lowest BCUT2D eigenvalue weighted by molar-refractivity contribution is -0.116. The van der Waals surface area contributed by atoms with Gasteiger partial charge in [0.25, 0.3) is 0 Å². The average molecular weight is 205 g/mol. The summed E-state index contributed by atoms with van der Waals surface area (Å²) in [5, 5.41) is 0. The van der Waals surface area contributed by atoms with Crippen LogP contribution in [0.5, 0.6) is 0 Å². The molecule has 1 heterocycles. The van der Waals surface area contributed by atoms with Crippen molar-refractivity contribution in [2.45, 2.75) is 19.8 Å². The third-order valence-electron chi connectivity index (χ3n) is 2.16. The molecule has 2 rings (SSSR count). The molecule has 0 aliphatic heterocycles. The van der Waals surface area contributed by atoms with Gasteiger partial charge in [0.1, 0.15) is 5.78 Å². The number of carbonyl (C=O) groups excluding carboxylic acids is 1. The second kappa shape index (κ2) is 3.88. The van der Waals surface area contributed by atoms with E-state index in [1.807, 2.05) is 5.51 Å². The first-order chi connectivity index (χ1) is 6.75. The number of carbonyl (C=O) groups is 1. The average Bonchev–Trinajstić information content (AvgIpc) is 2.61. The molecule has 0 radical (unpaired) electrons.